The summed E-state index contributed by atoms with van der Waals surface area (Å²) in [6, 6.07) is 0. The number of hydrogen-bond donors (Lipinski definition) is 2. The van der Waals surface area contributed by atoms with Crippen LogP contribution in [-0.2, 0) is 0 Å². The van der Waals surface area contributed by atoms with Gasteiger partial charge in [-0.1, -0.05) is 26.7 Å². The first-order valence-corrected chi connectivity index (χ1v) is 4.19. The van der Waals surface area contributed by atoms with Crippen molar-refractivity contribution in [3.05, 3.63) is 0 Å². The summed E-state index contributed by atoms with van der Waals surface area (Å²) in [5.41, 5.74) is 5.80. The van der Waals surface area contributed by atoms with Crippen LogP contribution < -0.4 is 11.1 Å². The molecule has 0 saturated carbocycles. The molecule has 62 valence electrons. The smallest absolute Gasteiger partial charge is 0.0572 e. The number of nitrogens with one attached hydrogen (secondary N) is 1. The second kappa shape index (κ2) is 5.69. The Hall–Kier alpha value is -0.0800. The quantitative estimate of drug-likeness (QED) is 0.571. The average molecular weight is 144 g/mol. The maximum atomic E-state index is 5.80. The fraction of sp³-hybridized carbons (Fsp3) is 1.00. The molecule has 0 radical (unpaired) electrons. The largest absolute Gasteiger partial charge is 0.316 e. The van der Waals surface area contributed by atoms with Crippen molar-refractivity contribution in [2.45, 2.75) is 39.3 Å². The fourth-order valence-corrected chi connectivity index (χ4v) is 1.24. The lowest BCUT2D eigenvalue weighted by Gasteiger charge is -2.20. The van der Waals surface area contributed by atoms with E-state index in [0.717, 1.165) is 0 Å². The summed E-state index contributed by atoms with van der Waals surface area (Å²) in [6.07, 6.45) is 3.83. The monoisotopic (exact) mass is 144 g/mol. The van der Waals surface area contributed by atoms with Crippen LogP contribution in [-0.4, -0.2) is 13.2 Å². The maximum absolute atomic E-state index is 5.80. The fourth-order valence-electron chi connectivity index (χ4n) is 1.24. The van der Waals surface area contributed by atoms with Gasteiger partial charge in [0.25, 0.3) is 0 Å². The van der Waals surface area contributed by atoms with Gasteiger partial charge in [0.15, 0.2) is 0 Å². The molecular weight excluding hydrogens is 124 g/mol. The molecule has 0 aliphatic rings. The van der Waals surface area contributed by atoms with Crippen LogP contribution in [0.1, 0.15) is 33.1 Å². The van der Waals surface area contributed by atoms with Gasteiger partial charge in [-0.15, -0.1) is 0 Å². The minimum absolute atomic E-state index is 0.185. The highest BCUT2D eigenvalue weighted by Gasteiger charge is 2.11. The molecule has 0 aliphatic carbocycles. The lowest BCUT2D eigenvalue weighted by molar-refractivity contribution is 0.345. The van der Waals surface area contributed by atoms with E-state index in [-0.39, 0.29) is 6.17 Å². The van der Waals surface area contributed by atoms with Crippen molar-refractivity contribution in [3.8, 4) is 0 Å². The molecule has 0 aromatic heterocycles. The van der Waals surface area contributed by atoms with Gasteiger partial charge in [0, 0.05) is 0 Å². The van der Waals surface area contributed by atoms with Crippen molar-refractivity contribution in [1.29, 1.82) is 0 Å². The van der Waals surface area contributed by atoms with Crippen molar-refractivity contribution in [3.63, 3.8) is 0 Å². The third-order valence-electron chi connectivity index (χ3n) is 2.03. The van der Waals surface area contributed by atoms with Crippen LogP contribution >= 0.6 is 0 Å². The zero-order chi connectivity index (χ0) is 7.98. The van der Waals surface area contributed by atoms with Gasteiger partial charge in [-0.2, -0.15) is 0 Å². The first-order chi connectivity index (χ1) is 4.76. The van der Waals surface area contributed by atoms with E-state index in [1.54, 1.807) is 0 Å². The topological polar surface area (TPSA) is 38.0 Å². The molecule has 3 N–H and O–H groups in total. The molecule has 0 bridgehead atoms. The van der Waals surface area contributed by atoms with Gasteiger partial charge in [0.05, 0.1) is 6.17 Å². The molecular formula is C8H20N2. The molecule has 0 rings (SSSR count). The number of rotatable bonds is 5. The third-order valence-corrected chi connectivity index (χ3v) is 2.03. The van der Waals surface area contributed by atoms with E-state index in [1.807, 2.05) is 7.05 Å². The zero-order valence-corrected chi connectivity index (χ0v) is 7.35. The Labute approximate surface area is 64.2 Å². The summed E-state index contributed by atoms with van der Waals surface area (Å²) in [5, 5.41) is 3.08. The van der Waals surface area contributed by atoms with Crippen LogP contribution in [0, 0.1) is 5.92 Å². The molecule has 0 aliphatic heterocycles. The molecule has 2 nitrogen and oxygen atoms in total. The molecule has 2 atom stereocenters. The van der Waals surface area contributed by atoms with Gasteiger partial charge < -0.3 is 11.1 Å². The molecule has 0 amide bonds. The number of hydrogen-bond acceptors (Lipinski definition) is 2. The van der Waals surface area contributed by atoms with Gasteiger partial charge in [-0.05, 0) is 19.4 Å². The van der Waals surface area contributed by atoms with Crippen molar-refractivity contribution < 1.29 is 0 Å². The van der Waals surface area contributed by atoms with E-state index >= 15 is 0 Å². The van der Waals surface area contributed by atoms with Crippen LogP contribution in [0.2, 0.25) is 0 Å². The minimum atomic E-state index is 0.185. The van der Waals surface area contributed by atoms with Gasteiger partial charge in [0.1, 0.15) is 0 Å². The summed E-state index contributed by atoms with van der Waals surface area (Å²) in [4.78, 5) is 0. The molecule has 0 aromatic carbocycles. The van der Waals surface area contributed by atoms with E-state index in [2.05, 4.69) is 19.2 Å². The summed E-state index contributed by atoms with van der Waals surface area (Å²) >= 11 is 0. The Morgan fingerprint density at radius 3 is 2.30 bits per heavy atom. The minimum Gasteiger partial charge on any atom is -0.316 e. The molecule has 2 unspecified atom stereocenters. The van der Waals surface area contributed by atoms with Crippen LogP contribution in [0.3, 0.4) is 0 Å². The van der Waals surface area contributed by atoms with E-state index in [1.165, 1.54) is 19.3 Å². The van der Waals surface area contributed by atoms with Gasteiger partial charge in [-0.3, -0.25) is 0 Å². The normalized spacial score (nSPS) is 16.8. The van der Waals surface area contributed by atoms with Crippen LogP contribution in [0.25, 0.3) is 0 Å². The summed E-state index contributed by atoms with van der Waals surface area (Å²) in [5.74, 6) is 0.648. The molecule has 0 saturated heterocycles. The molecule has 10 heavy (non-hydrogen) atoms. The average Bonchev–Trinajstić information content (AvgIpc) is 1.99. The zero-order valence-electron chi connectivity index (χ0n) is 7.35. The Balaban J connectivity index is 3.56. The van der Waals surface area contributed by atoms with Gasteiger partial charge in [-0.25, -0.2) is 0 Å². The third kappa shape index (κ3) is 3.18. The van der Waals surface area contributed by atoms with E-state index < -0.39 is 0 Å². The standard InChI is InChI=1S/C8H20N2/c1-4-6-7(5-2)8(9)10-3/h7-8,10H,4-6,9H2,1-3H3. The second-order valence-electron chi connectivity index (χ2n) is 2.77. The highest BCUT2D eigenvalue weighted by Crippen LogP contribution is 2.11. The van der Waals surface area contributed by atoms with Crippen LogP contribution in [0.15, 0.2) is 0 Å². The maximum Gasteiger partial charge on any atom is 0.0572 e. The Bertz CT molecular complexity index is 73.7. The predicted octanol–water partition coefficient (Wildman–Crippen LogP) is 1.32. The lowest BCUT2D eigenvalue weighted by atomic mass is 9.98. The Morgan fingerprint density at radius 2 is 2.00 bits per heavy atom. The molecule has 0 fully saturated rings. The summed E-state index contributed by atoms with van der Waals surface area (Å²) in [7, 11) is 1.92. The first-order valence-electron chi connectivity index (χ1n) is 4.19. The summed E-state index contributed by atoms with van der Waals surface area (Å²) in [6.45, 7) is 4.39. The van der Waals surface area contributed by atoms with Gasteiger partial charge in [0.2, 0.25) is 0 Å². The number of nitrogens with two attached hydrogens (primary N) is 1. The predicted molar refractivity (Wildman–Crippen MR) is 45.7 cm³/mol. The highest BCUT2D eigenvalue weighted by molar-refractivity contribution is 4.66. The van der Waals surface area contributed by atoms with Crippen LogP contribution in [0.5, 0.6) is 0 Å². The van der Waals surface area contributed by atoms with E-state index in [0.29, 0.717) is 5.92 Å². The Kier molecular flexibility index (Phi) is 5.64. The highest BCUT2D eigenvalue weighted by atomic mass is 15.0. The van der Waals surface area contributed by atoms with Crippen molar-refractivity contribution in [2.75, 3.05) is 7.05 Å². The summed E-state index contributed by atoms with van der Waals surface area (Å²) < 4.78 is 0. The van der Waals surface area contributed by atoms with Gasteiger partial charge >= 0.3 is 0 Å². The van der Waals surface area contributed by atoms with E-state index in [4.69, 9.17) is 5.73 Å². The van der Waals surface area contributed by atoms with Crippen molar-refractivity contribution >= 4 is 0 Å². The lowest BCUT2D eigenvalue weighted by Crippen LogP contribution is -2.41. The van der Waals surface area contributed by atoms with Crippen LogP contribution in [0.4, 0.5) is 0 Å². The Morgan fingerprint density at radius 1 is 1.40 bits per heavy atom. The first kappa shape index (κ1) is 9.92. The molecule has 0 spiro atoms. The molecule has 0 heterocycles. The molecule has 0 aromatic rings. The second-order valence-corrected chi connectivity index (χ2v) is 2.77. The SMILES string of the molecule is CCCC(CC)C(N)NC. The molecule has 2 heteroatoms. The van der Waals surface area contributed by atoms with Crippen molar-refractivity contribution in [2.24, 2.45) is 11.7 Å². The van der Waals surface area contributed by atoms with Crippen molar-refractivity contribution in [1.82, 2.24) is 5.32 Å². The van der Waals surface area contributed by atoms with E-state index in [9.17, 15) is 0 Å².